The number of carboxylic acids is 1. The number of para-hydroxylation sites is 1. The first-order valence-corrected chi connectivity index (χ1v) is 13.4. The number of benzene rings is 1. The second-order valence-corrected chi connectivity index (χ2v) is 11.7. The third-order valence-electron chi connectivity index (χ3n) is 7.38. The second kappa shape index (κ2) is 10.1. The lowest BCUT2D eigenvalue weighted by Gasteiger charge is -2.44. The Morgan fingerprint density at radius 3 is 2.56 bits per heavy atom. The Balaban J connectivity index is 1.35. The molecule has 0 unspecified atom stereocenters. The zero-order chi connectivity index (χ0) is 25.6. The maximum atomic E-state index is 15.0. The number of aliphatic carboxylic acids is 1. The molecule has 7 nitrogen and oxygen atoms in total. The molecule has 2 aliphatic rings. The summed E-state index contributed by atoms with van der Waals surface area (Å²) in [6, 6.07) is 9.11. The number of hydrogen-bond donors (Lipinski definition) is 1. The first-order valence-electron chi connectivity index (χ1n) is 12.2. The Morgan fingerprint density at radius 2 is 1.89 bits per heavy atom. The number of piperazine rings is 1. The molecule has 5 rings (SSSR count). The van der Waals surface area contributed by atoms with Gasteiger partial charge in [0.2, 0.25) is 5.91 Å². The van der Waals surface area contributed by atoms with Gasteiger partial charge in [-0.2, -0.15) is 0 Å². The molecule has 2 atom stereocenters. The fraction of sp³-hybridized carbons (Fsp3) is 0.462. The number of rotatable bonds is 6. The molecule has 4 heterocycles. The highest BCUT2D eigenvalue weighted by Crippen LogP contribution is 2.34. The SMILES string of the molecule is C[C@@H]1CN(CC(=O)N2CCc3c(n(Cc4ccc(Cl)s4)c4c(F)cccc34)C2)C[C@H](C)N1CC(=O)O. The van der Waals surface area contributed by atoms with E-state index in [-0.39, 0.29) is 30.4 Å². The number of carbonyl (C=O) groups is 2. The fourth-order valence-corrected chi connectivity index (χ4v) is 6.86. The molecule has 36 heavy (non-hydrogen) atoms. The Morgan fingerprint density at radius 1 is 1.14 bits per heavy atom. The lowest BCUT2D eigenvalue weighted by atomic mass is 10.0. The molecule has 10 heteroatoms. The van der Waals surface area contributed by atoms with E-state index in [1.807, 2.05) is 46.4 Å². The highest BCUT2D eigenvalue weighted by atomic mass is 35.5. The number of halogens is 2. The minimum Gasteiger partial charge on any atom is -0.480 e. The van der Waals surface area contributed by atoms with Gasteiger partial charge in [-0.15, -0.1) is 11.3 Å². The minimum absolute atomic E-state index is 0.00951. The van der Waals surface area contributed by atoms with E-state index in [9.17, 15) is 14.7 Å². The number of amides is 1. The van der Waals surface area contributed by atoms with Crippen LogP contribution in [-0.2, 0) is 29.1 Å². The average Bonchev–Trinajstić information content (AvgIpc) is 3.37. The summed E-state index contributed by atoms with van der Waals surface area (Å²) >= 11 is 7.63. The Hall–Kier alpha value is -2.46. The third-order valence-corrected chi connectivity index (χ3v) is 8.59. The summed E-state index contributed by atoms with van der Waals surface area (Å²) in [5.74, 6) is -1.05. The zero-order valence-corrected chi connectivity index (χ0v) is 22.0. The molecule has 1 saturated heterocycles. The topological polar surface area (TPSA) is 69.0 Å². The van der Waals surface area contributed by atoms with Crippen LogP contribution in [0.2, 0.25) is 4.34 Å². The van der Waals surface area contributed by atoms with Gasteiger partial charge < -0.3 is 14.6 Å². The number of nitrogens with zero attached hydrogens (tertiary/aromatic N) is 4. The predicted molar refractivity (Wildman–Crippen MR) is 139 cm³/mol. The molecule has 0 radical (unpaired) electrons. The molecule has 0 saturated carbocycles. The number of carboxylic acid groups (broad SMARTS) is 1. The number of aromatic nitrogens is 1. The van der Waals surface area contributed by atoms with E-state index >= 15 is 4.39 Å². The minimum atomic E-state index is -0.834. The Kier molecular flexibility index (Phi) is 7.09. The highest BCUT2D eigenvalue weighted by molar-refractivity contribution is 7.16. The van der Waals surface area contributed by atoms with E-state index < -0.39 is 5.97 Å². The van der Waals surface area contributed by atoms with Gasteiger partial charge in [-0.25, -0.2) is 4.39 Å². The summed E-state index contributed by atoms with van der Waals surface area (Å²) in [7, 11) is 0. The van der Waals surface area contributed by atoms with Crippen molar-refractivity contribution in [3.63, 3.8) is 0 Å². The first-order chi connectivity index (χ1) is 17.2. The van der Waals surface area contributed by atoms with E-state index in [1.165, 1.54) is 17.4 Å². The molecule has 3 aromatic rings. The standard InChI is InChI=1S/C26H30ClFN4O3S/c1-16-10-29(11-17(2)31(16)15-25(34)35)14-24(33)30-9-8-19-20-4-3-5-21(28)26(20)32(22(19)13-30)12-18-6-7-23(27)36-18/h3-7,16-17H,8-15H2,1-2H3,(H,34,35)/t16-,17+. The van der Waals surface area contributed by atoms with E-state index in [1.54, 1.807) is 6.07 Å². The molecule has 1 amide bonds. The number of carbonyl (C=O) groups excluding carboxylic acids is 1. The number of hydrogen-bond acceptors (Lipinski definition) is 5. The average molecular weight is 533 g/mol. The van der Waals surface area contributed by atoms with E-state index in [4.69, 9.17) is 11.6 Å². The molecule has 1 aromatic carbocycles. The van der Waals surface area contributed by atoms with Crippen molar-refractivity contribution in [3.05, 3.63) is 56.6 Å². The highest BCUT2D eigenvalue weighted by Gasteiger charge is 2.33. The lowest BCUT2D eigenvalue weighted by Crippen LogP contribution is -2.59. The fourth-order valence-electron chi connectivity index (χ4n) is 5.79. The van der Waals surface area contributed by atoms with Crippen LogP contribution in [0.1, 0.15) is 30.0 Å². The smallest absolute Gasteiger partial charge is 0.317 e. The van der Waals surface area contributed by atoms with E-state index in [2.05, 4.69) is 4.90 Å². The quantitative estimate of drug-likeness (QED) is 0.521. The summed E-state index contributed by atoms with van der Waals surface area (Å²) in [5, 5.41) is 10.1. The number of thiophene rings is 1. The number of fused-ring (bicyclic) bond motifs is 3. The molecule has 2 aliphatic heterocycles. The van der Waals surface area contributed by atoms with Crippen LogP contribution in [0, 0.1) is 5.82 Å². The van der Waals surface area contributed by atoms with Gasteiger partial charge in [0.25, 0.3) is 0 Å². The predicted octanol–water partition coefficient (Wildman–Crippen LogP) is 3.91. The van der Waals surface area contributed by atoms with Crippen molar-refractivity contribution < 1.29 is 19.1 Å². The van der Waals surface area contributed by atoms with Crippen molar-refractivity contribution in [2.75, 3.05) is 32.7 Å². The summed E-state index contributed by atoms with van der Waals surface area (Å²) in [6.07, 6.45) is 0.679. The molecule has 0 bridgehead atoms. The van der Waals surface area contributed by atoms with Crippen molar-refractivity contribution >= 4 is 45.7 Å². The van der Waals surface area contributed by atoms with Crippen LogP contribution < -0.4 is 0 Å². The summed E-state index contributed by atoms with van der Waals surface area (Å²) in [5.41, 5.74) is 2.67. The van der Waals surface area contributed by atoms with E-state index in [0.29, 0.717) is 55.5 Å². The molecular weight excluding hydrogens is 503 g/mol. The van der Waals surface area contributed by atoms with Gasteiger partial charge in [-0.05, 0) is 44.0 Å². The van der Waals surface area contributed by atoms with Crippen LogP contribution in [0.25, 0.3) is 10.9 Å². The monoisotopic (exact) mass is 532 g/mol. The zero-order valence-electron chi connectivity index (χ0n) is 20.4. The van der Waals surface area contributed by atoms with Gasteiger partial charge >= 0.3 is 5.97 Å². The maximum Gasteiger partial charge on any atom is 0.317 e. The third kappa shape index (κ3) is 4.89. The largest absolute Gasteiger partial charge is 0.480 e. The lowest BCUT2D eigenvalue weighted by molar-refractivity contribution is -0.142. The summed E-state index contributed by atoms with van der Waals surface area (Å²) < 4.78 is 17.7. The van der Waals surface area contributed by atoms with Crippen molar-refractivity contribution in [1.82, 2.24) is 19.3 Å². The molecule has 1 fully saturated rings. The van der Waals surface area contributed by atoms with Gasteiger partial charge in [0.1, 0.15) is 5.82 Å². The molecule has 1 N–H and O–H groups in total. The van der Waals surface area contributed by atoms with Gasteiger partial charge in [-0.1, -0.05) is 23.7 Å². The van der Waals surface area contributed by atoms with Crippen LogP contribution in [-0.4, -0.2) is 81.1 Å². The van der Waals surface area contributed by atoms with Crippen molar-refractivity contribution in [1.29, 1.82) is 0 Å². The van der Waals surface area contributed by atoms with Crippen molar-refractivity contribution in [3.8, 4) is 0 Å². The summed E-state index contributed by atoms with van der Waals surface area (Å²) in [6.45, 7) is 7.14. The van der Waals surface area contributed by atoms with Crippen molar-refractivity contribution in [2.45, 2.75) is 45.4 Å². The Labute approximate surface area is 218 Å². The van der Waals surface area contributed by atoms with Crippen LogP contribution in [0.3, 0.4) is 0 Å². The molecule has 0 spiro atoms. The normalized spacial score (nSPS) is 21.2. The first kappa shape index (κ1) is 25.2. The van der Waals surface area contributed by atoms with Gasteiger partial charge in [0.15, 0.2) is 0 Å². The molecule has 2 aromatic heterocycles. The van der Waals surface area contributed by atoms with Crippen LogP contribution in [0.5, 0.6) is 0 Å². The van der Waals surface area contributed by atoms with E-state index in [0.717, 1.165) is 21.5 Å². The van der Waals surface area contributed by atoms with Crippen LogP contribution in [0.15, 0.2) is 30.3 Å². The van der Waals surface area contributed by atoms with Crippen LogP contribution >= 0.6 is 22.9 Å². The molecular formula is C26H30ClFN4O3S. The second-order valence-electron chi connectivity index (χ2n) is 9.88. The van der Waals surface area contributed by atoms with Gasteiger partial charge in [0.05, 0.1) is 36.0 Å². The van der Waals surface area contributed by atoms with Gasteiger partial charge in [0, 0.05) is 47.7 Å². The Bertz CT molecular complexity index is 1300. The summed E-state index contributed by atoms with van der Waals surface area (Å²) in [4.78, 5) is 31.6. The van der Waals surface area contributed by atoms with Gasteiger partial charge in [-0.3, -0.25) is 19.4 Å². The maximum absolute atomic E-state index is 15.0. The van der Waals surface area contributed by atoms with Crippen molar-refractivity contribution in [2.24, 2.45) is 0 Å². The molecule has 192 valence electrons. The molecule has 0 aliphatic carbocycles. The van der Waals surface area contributed by atoms with Crippen LogP contribution in [0.4, 0.5) is 4.39 Å².